The van der Waals surface area contributed by atoms with E-state index in [2.05, 4.69) is 44.0 Å². The van der Waals surface area contributed by atoms with Crippen molar-refractivity contribution in [3.05, 3.63) is 23.8 Å². The first kappa shape index (κ1) is 13.2. The van der Waals surface area contributed by atoms with Gasteiger partial charge in [-0.25, -0.2) is 0 Å². The van der Waals surface area contributed by atoms with Gasteiger partial charge in [-0.15, -0.1) is 0 Å². The van der Waals surface area contributed by atoms with E-state index in [9.17, 15) is 0 Å². The number of anilines is 1. The summed E-state index contributed by atoms with van der Waals surface area (Å²) in [6.45, 7) is 7.03. The Bertz CT molecular complexity index is 415. The minimum Gasteiger partial charge on any atom is -0.493 e. The molecule has 0 aliphatic carbocycles. The zero-order valence-electron chi connectivity index (χ0n) is 11.7. The van der Waals surface area contributed by atoms with Gasteiger partial charge in [-0.3, -0.25) is 0 Å². The highest BCUT2D eigenvalue weighted by Gasteiger charge is 2.17. The molecule has 1 aromatic carbocycles. The molecular weight excluding hydrogens is 224 g/mol. The molecule has 1 heterocycles. The topological polar surface area (TPSA) is 38.5 Å². The van der Waals surface area contributed by atoms with Crippen molar-refractivity contribution in [1.29, 1.82) is 0 Å². The van der Waals surface area contributed by atoms with Gasteiger partial charge in [0.1, 0.15) is 5.75 Å². The SMILES string of the molecule is CN(CCC(C)(C)CN)c1ccc2c(c1)CCO2. The summed E-state index contributed by atoms with van der Waals surface area (Å²) in [5.74, 6) is 1.05. The lowest BCUT2D eigenvalue weighted by molar-refractivity contribution is 0.351. The van der Waals surface area contributed by atoms with Gasteiger partial charge in [0, 0.05) is 25.7 Å². The number of hydrogen-bond acceptors (Lipinski definition) is 3. The summed E-state index contributed by atoms with van der Waals surface area (Å²) >= 11 is 0. The van der Waals surface area contributed by atoms with Gasteiger partial charge in [-0.1, -0.05) is 13.8 Å². The monoisotopic (exact) mass is 248 g/mol. The van der Waals surface area contributed by atoms with Crippen LogP contribution in [0.1, 0.15) is 25.8 Å². The highest BCUT2D eigenvalue weighted by molar-refractivity contribution is 5.53. The van der Waals surface area contributed by atoms with Crippen LogP contribution in [0.5, 0.6) is 5.75 Å². The second-order valence-electron chi connectivity index (χ2n) is 5.93. The van der Waals surface area contributed by atoms with E-state index >= 15 is 0 Å². The lowest BCUT2D eigenvalue weighted by Gasteiger charge is -2.27. The van der Waals surface area contributed by atoms with Gasteiger partial charge < -0.3 is 15.4 Å². The maximum atomic E-state index is 5.77. The molecule has 0 saturated heterocycles. The molecule has 0 fully saturated rings. The first-order valence-electron chi connectivity index (χ1n) is 6.69. The Morgan fingerprint density at radius 1 is 1.39 bits per heavy atom. The Balaban J connectivity index is 1.99. The highest BCUT2D eigenvalue weighted by atomic mass is 16.5. The Morgan fingerprint density at radius 3 is 2.89 bits per heavy atom. The standard InChI is InChI=1S/C15H24N2O/c1-15(2,11-16)7-8-17(3)13-4-5-14-12(10-13)6-9-18-14/h4-5,10H,6-9,11,16H2,1-3H3. The fraction of sp³-hybridized carbons (Fsp3) is 0.600. The van der Waals surface area contributed by atoms with E-state index in [1.807, 2.05) is 0 Å². The smallest absolute Gasteiger partial charge is 0.122 e. The van der Waals surface area contributed by atoms with Crippen molar-refractivity contribution in [3.63, 3.8) is 0 Å². The van der Waals surface area contributed by atoms with Crippen molar-refractivity contribution in [3.8, 4) is 5.75 Å². The van der Waals surface area contributed by atoms with Gasteiger partial charge in [0.2, 0.25) is 0 Å². The molecule has 0 amide bonds. The minimum absolute atomic E-state index is 0.216. The summed E-state index contributed by atoms with van der Waals surface area (Å²) in [4.78, 5) is 2.30. The number of nitrogens with zero attached hydrogens (tertiary/aromatic N) is 1. The number of benzene rings is 1. The summed E-state index contributed by atoms with van der Waals surface area (Å²) < 4.78 is 5.53. The lowest BCUT2D eigenvalue weighted by atomic mass is 9.89. The first-order valence-corrected chi connectivity index (χ1v) is 6.69. The van der Waals surface area contributed by atoms with Crippen molar-refractivity contribution in [2.24, 2.45) is 11.1 Å². The molecule has 2 rings (SSSR count). The quantitative estimate of drug-likeness (QED) is 0.869. The Morgan fingerprint density at radius 2 is 2.17 bits per heavy atom. The normalized spacial score (nSPS) is 14.2. The summed E-state index contributed by atoms with van der Waals surface area (Å²) in [5.41, 5.74) is 8.59. The molecule has 2 N–H and O–H groups in total. The average Bonchev–Trinajstić information content (AvgIpc) is 2.83. The predicted octanol–water partition coefficient (Wildman–Crippen LogP) is 2.43. The van der Waals surface area contributed by atoms with Crippen LogP contribution in [0, 0.1) is 5.41 Å². The van der Waals surface area contributed by atoms with Gasteiger partial charge in [0.05, 0.1) is 6.61 Å². The molecule has 0 aromatic heterocycles. The molecule has 0 spiro atoms. The van der Waals surface area contributed by atoms with Crippen LogP contribution in [0.15, 0.2) is 18.2 Å². The molecule has 0 saturated carbocycles. The van der Waals surface area contributed by atoms with Gasteiger partial charge in [0.15, 0.2) is 0 Å². The van der Waals surface area contributed by atoms with Crippen molar-refractivity contribution in [2.75, 3.05) is 31.6 Å². The van der Waals surface area contributed by atoms with E-state index in [4.69, 9.17) is 10.5 Å². The van der Waals surface area contributed by atoms with Crippen LogP contribution in [0.4, 0.5) is 5.69 Å². The van der Waals surface area contributed by atoms with Gasteiger partial charge in [-0.2, -0.15) is 0 Å². The van der Waals surface area contributed by atoms with Gasteiger partial charge in [-0.05, 0) is 42.1 Å². The zero-order valence-corrected chi connectivity index (χ0v) is 11.7. The van der Waals surface area contributed by atoms with Crippen molar-refractivity contribution in [1.82, 2.24) is 0 Å². The van der Waals surface area contributed by atoms with Crippen LogP contribution in [-0.4, -0.2) is 26.7 Å². The van der Waals surface area contributed by atoms with Crippen LogP contribution in [0.25, 0.3) is 0 Å². The summed E-state index contributed by atoms with van der Waals surface area (Å²) in [6.07, 6.45) is 2.14. The molecule has 18 heavy (non-hydrogen) atoms. The second kappa shape index (κ2) is 5.19. The molecule has 0 radical (unpaired) electrons. The van der Waals surface area contributed by atoms with Crippen LogP contribution in [-0.2, 0) is 6.42 Å². The van der Waals surface area contributed by atoms with Gasteiger partial charge in [0.25, 0.3) is 0 Å². The van der Waals surface area contributed by atoms with Crippen molar-refractivity contribution in [2.45, 2.75) is 26.7 Å². The number of fused-ring (bicyclic) bond motifs is 1. The minimum atomic E-state index is 0.216. The second-order valence-corrected chi connectivity index (χ2v) is 5.93. The maximum absolute atomic E-state index is 5.77. The van der Waals surface area contributed by atoms with E-state index in [0.717, 1.165) is 38.3 Å². The van der Waals surface area contributed by atoms with Crippen molar-refractivity contribution >= 4 is 5.69 Å². The first-order chi connectivity index (χ1) is 8.52. The Labute approximate surface area is 110 Å². The van der Waals surface area contributed by atoms with E-state index < -0.39 is 0 Å². The molecule has 100 valence electrons. The summed E-state index contributed by atoms with van der Waals surface area (Å²) in [7, 11) is 2.14. The van der Waals surface area contributed by atoms with E-state index in [1.165, 1.54) is 11.3 Å². The van der Waals surface area contributed by atoms with Crippen LogP contribution >= 0.6 is 0 Å². The van der Waals surface area contributed by atoms with Crippen LogP contribution in [0.2, 0.25) is 0 Å². The molecule has 0 bridgehead atoms. The third-order valence-electron chi connectivity index (χ3n) is 3.79. The maximum Gasteiger partial charge on any atom is 0.122 e. The fourth-order valence-electron chi connectivity index (χ4n) is 2.11. The zero-order chi connectivity index (χ0) is 13.2. The molecule has 3 heteroatoms. The van der Waals surface area contributed by atoms with Crippen LogP contribution in [0.3, 0.4) is 0 Å². The fourth-order valence-corrected chi connectivity index (χ4v) is 2.11. The molecule has 1 aromatic rings. The van der Waals surface area contributed by atoms with Crippen LogP contribution < -0.4 is 15.4 Å². The molecule has 3 nitrogen and oxygen atoms in total. The lowest BCUT2D eigenvalue weighted by Crippen LogP contribution is -2.29. The molecule has 0 unspecified atom stereocenters. The highest BCUT2D eigenvalue weighted by Crippen LogP contribution is 2.29. The molecular formula is C15H24N2O. The summed E-state index contributed by atoms with van der Waals surface area (Å²) in [5, 5.41) is 0. The third-order valence-corrected chi connectivity index (χ3v) is 3.79. The van der Waals surface area contributed by atoms with E-state index in [0.29, 0.717) is 0 Å². The largest absolute Gasteiger partial charge is 0.493 e. The van der Waals surface area contributed by atoms with Crippen molar-refractivity contribution < 1.29 is 4.74 Å². The average molecular weight is 248 g/mol. The van der Waals surface area contributed by atoms with Gasteiger partial charge >= 0.3 is 0 Å². The number of nitrogens with two attached hydrogens (primary N) is 1. The number of ether oxygens (including phenoxy) is 1. The van der Waals surface area contributed by atoms with E-state index in [1.54, 1.807) is 0 Å². The molecule has 1 aliphatic heterocycles. The summed E-state index contributed by atoms with van der Waals surface area (Å²) in [6, 6.07) is 6.47. The predicted molar refractivity (Wildman–Crippen MR) is 76.4 cm³/mol. The number of hydrogen-bond donors (Lipinski definition) is 1. The Hall–Kier alpha value is -1.22. The third kappa shape index (κ3) is 2.96. The molecule has 0 atom stereocenters. The Kier molecular flexibility index (Phi) is 3.81. The molecule has 1 aliphatic rings. The van der Waals surface area contributed by atoms with E-state index in [-0.39, 0.29) is 5.41 Å². The number of rotatable bonds is 5.